The second-order valence-electron chi connectivity index (χ2n) is 3.60. The summed E-state index contributed by atoms with van der Waals surface area (Å²) in [5.74, 6) is 0.669. The summed E-state index contributed by atoms with van der Waals surface area (Å²) < 4.78 is 1.56. The average molecular weight is 215 g/mol. The van der Waals surface area contributed by atoms with E-state index >= 15 is 0 Å². The molecule has 4 heteroatoms. The molecule has 0 aliphatic rings. The zero-order chi connectivity index (χ0) is 11.7. The molecule has 0 spiro atoms. The number of allylic oxidation sites excluding steroid dienone is 1. The maximum absolute atomic E-state index is 12.2. The topological polar surface area (TPSA) is 60.9 Å². The summed E-state index contributed by atoms with van der Waals surface area (Å²) in [7, 11) is 0. The summed E-state index contributed by atoms with van der Waals surface area (Å²) in [5.41, 5.74) is 6.79. The molecule has 1 aromatic heterocycles. The standard InChI is InChI=1S/C12H13N3O/c1-3-7-15-8(2)14-10-6-4-5-9(13)11(10)12(15)16/h3-6H,1,7,13H2,2H3. The molecule has 0 aliphatic heterocycles. The quantitative estimate of drug-likeness (QED) is 0.609. The van der Waals surface area contributed by atoms with E-state index in [0.717, 1.165) is 0 Å². The Balaban J connectivity index is 2.91. The van der Waals surface area contributed by atoms with E-state index in [1.807, 2.05) is 0 Å². The molecule has 0 bridgehead atoms. The van der Waals surface area contributed by atoms with Crippen molar-refractivity contribution in [2.24, 2.45) is 0 Å². The first kappa shape index (κ1) is 10.4. The maximum Gasteiger partial charge on any atom is 0.263 e. The smallest absolute Gasteiger partial charge is 0.263 e. The van der Waals surface area contributed by atoms with Crippen molar-refractivity contribution in [2.75, 3.05) is 5.73 Å². The third-order valence-corrected chi connectivity index (χ3v) is 2.52. The molecule has 1 heterocycles. The Morgan fingerprint density at radius 3 is 3.00 bits per heavy atom. The maximum atomic E-state index is 12.2. The summed E-state index contributed by atoms with van der Waals surface area (Å²) in [4.78, 5) is 16.5. The predicted octanol–water partition coefficient (Wildman–Crippen LogP) is 1.47. The van der Waals surface area contributed by atoms with Crippen LogP contribution in [0.25, 0.3) is 10.9 Å². The molecule has 0 amide bonds. The molecule has 0 aliphatic carbocycles. The summed E-state index contributed by atoms with van der Waals surface area (Å²) in [5, 5.41) is 0.481. The van der Waals surface area contributed by atoms with Crippen LogP contribution in [-0.4, -0.2) is 9.55 Å². The Hall–Kier alpha value is -2.10. The van der Waals surface area contributed by atoms with Gasteiger partial charge in [0, 0.05) is 12.2 Å². The van der Waals surface area contributed by atoms with Gasteiger partial charge in [-0.2, -0.15) is 0 Å². The number of benzene rings is 1. The molecule has 4 nitrogen and oxygen atoms in total. The molecule has 16 heavy (non-hydrogen) atoms. The van der Waals surface area contributed by atoms with Gasteiger partial charge in [-0.15, -0.1) is 6.58 Å². The molecule has 2 N–H and O–H groups in total. The lowest BCUT2D eigenvalue weighted by Crippen LogP contribution is -2.24. The monoisotopic (exact) mass is 215 g/mol. The zero-order valence-corrected chi connectivity index (χ0v) is 9.10. The van der Waals surface area contributed by atoms with Crippen LogP contribution >= 0.6 is 0 Å². The Morgan fingerprint density at radius 2 is 2.31 bits per heavy atom. The number of aromatic nitrogens is 2. The van der Waals surface area contributed by atoms with E-state index < -0.39 is 0 Å². The Bertz CT molecular complexity index is 613. The highest BCUT2D eigenvalue weighted by Crippen LogP contribution is 2.15. The van der Waals surface area contributed by atoms with Crippen molar-refractivity contribution in [1.82, 2.24) is 9.55 Å². The fraction of sp³-hybridized carbons (Fsp3) is 0.167. The first-order chi connectivity index (χ1) is 7.65. The second kappa shape index (κ2) is 3.81. The summed E-state index contributed by atoms with van der Waals surface area (Å²) in [6, 6.07) is 5.29. The molecule has 0 fully saturated rings. The first-order valence-electron chi connectivity index (χ1n) is 5.01. The third-order valence-electron chi connectivity index (χ3n) is 2.52. The highest BCUT2D eigenvalue weighted by atomic mass is 16.1. The van der Waals surface area contributed by atoms with Gasteiger partial charge in [0.2, 0.25) is 0 Å². The number of rotatable bonds is 2. The number of nitrogen functional groups attached to an aromatic ring is 1. The molecule has 0 saturated carbocycles. The van der Waals surface area contributed by atoms with Crippen LogP contribution < -0.4 is 11.3 Å². The van der Waals surface area contributed by atoms with Crippen molar-refractivity contribution in [2.45, 2.75) is 13.5 Å². The molecule has 0 unspecified atom stereocenters. The van der Waals surface area contributed by atoms with E-state index in [1.165, 1.54) is 0 Å². The lowest BCUT2D eigenvalue weighted by molar-refractivity contribution is 0.729. The fourth-order valence-corrected chi connectivity index (χ4v) is 1.74. The number of fused-ring (bicyclic) bond motifs is 1. The van der Waals surface area contributed by atoms with Gasteiger partial charge in [-0.25, -0.2) is 4.98 Å². The van der Waals surface area contributed by atoms with Gasteiger partial charge in [0.1, 0.15) is 5.82 Å². The van der Waals surface area contributed by atoms with Gasteiger partial charge in [-0.3, -0.25) is 9.36 Å². The number of hydrogen-bond donors (Lipinski definition) is 1. The van der Waals surface area contributed by atoms with Crippen LogP contribution in [0, 0.1) is 6.92 Å². The van der Waals surface area contributed by atoms with Gasteiger partial charge in [-0.1, -0.05) is 12.1 Å². The van der Waals surface area contributed by atoms with E-state index in [-0.39, 0.29) is 5.56 Å². The van der Waals surface area contributed by atoms with E-state index in [2.05, 4.69) is 11.6 Å². The van der Waals surface area contributed by atoms with Crippen molar-refractivity contribution in [1.29, 1.82) is 0 Å². The van der Waals surface area contributed by atoms with Crippen LogP contribution in [-0.2, 0) is 6.54 Å². The van der Waals surface area contributed by atoms with Crippen molar-refractivity contribution < 1.29 is 0 Å². The van der Waals surface area contributed by atoms with Crippen molar-refractivity contribution in [3.8, 4) is 0 Å². The summed E-state index contributed by atoms with van der Waals surface area (Å²) in [6.07, 6.45) is 1.67. The van der Waals surface area contributed by atoms with E-state index in [0.29, 0.717) is 29.0 Å². The molecule has 1 aromatic carbocycles. The molecular weight excluding hydrogens is 202 g/mol. The molecule has 0 atom stereocenters. The Kier molecular flexibility index (Phi) is 2.48. The van der Waals surface area contributed by atoms with Crippen LogP contribution in [0.1, 0.15) is 5.82 Å². The van der Waals surface area contributed by atoms with Gasteiger partial charge < -0.3 is 5.73 Å². The van der Waals surface area contributed by atoms with Crippen molar-refractivity contribution in [3.63, 3.8) is 0 Å². The first-order valence-corrected chi connectivity index (χ1v) is 5.01. The number of nitrogens with zero attached hydrogens (tertiary/aromatic N) is 2. The Labute approximate surface area is 93.0 Å². The summed E-state index contributed by atoms with van der Waals surface area (Å²) in [6.45, 7) is 5.87. The second-order valence-corrected chi connectivity index (χ2v) is 3.60. The molecule has 0 saturated heterocycles. The molecule has 2 rings (SSSR count). The minimum atomic E-state index is -0.111. The van der Waals surface area contributed by atoms with Crippen molar-refractivity contribution >= 4 is 16.6 Å². The predicted molar refractivity (Wildman–Crippen MR) is 65.3 cm³/mol. The van der Waals surface area contributed by atoms with Gasteiger partial charge in [0.05, 0.1) is 10.9 Å². The van der Waals surface area contributed by atoms with Gasteiger partial charge in [0.15, 0.2) is 0 Å². The van der Waals surface area contributed by atoms with Crippen LogP contribution in [0.4, 0.5) is 5.69 Å². The molecule has 0 radical (unpaired) electrons. The normalized spacial score (nSPS) is 10.6. The van der Waals surface area contributed by atoms with E-state index in [4.69, 9.17) is 5.73 Å². The molecule has 82 valence electrons. The molecular formula is C12H13N3O. The third kappa shape index (κ3) is 1.48. The van der Waals surface area contributed by atoms with Gasteiger partial charge in [-0.05, 0) is 19.1 Å². The summed E-state index contributed by atoms with van der Waals surface area (Å²) >= 11 is 0. The van der Waals surface area contributed by atoms with Crippen LogP contribution in [0.5, 0.6) is 0 Å². The Morgan fingerprint density at radius 1 is 1.56 bits per heavy atom. The largest absolute Gasteiger partial charge is 0.398 e. The van der Waals surface area contributed by atoms with E-state index in [9.17, 15) is 4.79 Å². The van der Waals surface area contributed by atoms with Gasteiger partial charge in [0.25, 0.3) is 5.56 Å². The van der Waals surface area contributed by atoms with Crippen LogP contribution in [0.3, 0.4) is 0 Å². The fourth-order valence-electron chi connectivity index (χ4n) is 1.74. The van der Waals surface area contributed by atoms with E-state index in [1.54, 1.807) is 35.8 Å². The highest BCUT2D eigenvalue weighted by Gasteiger charge is 2.08. The number of nitrogens with two attached hydrogens (primary N) is 1. The lowest BCUT2D eigenvalue weighted by Gasteiger charge is -2.09. The van der Waals surface area contributed by atoms with Crippen LogP contribution in [0.15, 0.2) is 35.6 Å². The zero-order valence-electron chi connectivity index (χ0n) is 9.10. The van der Waals surface area contributed by atoms with Gasteiger partial charge >= 0.3 is 0 Å². The van der Waals surface area contributed by atoms with Crippen molar-refractivity contribution in [3.05, 3.63) is 47.0 Å². The number of aryl methyl sites for hydroxylation is 1. The molecule has 2 aromatic rings. The minimum absolute atomic E-state index is 0.111. The minimum Gasteiger partial charge on any atom is -0.398 e. The SMILES string of the molecule is C=CCn1c(C)nc2cccc(N)c2c1=O. The van der Waals surface area contributed by atoms with Crippen LogP contribution in [0.2, 0.25) is 0 Å². The average Bonchev–Trinajstić information content (AvgIpc) is 2.24. The number of anilines is 1. The number of hydrogen-bond acceptors (Lipinski definition) is 3. The lowest BCUT2D eigenvalue weighted by atomic mass is 10.2. The highest BCUT2D eigenvalue weighted by molar-refractivity contribution is 5.89.